The summed E-state index contributed by atoms with van der Waals surface area (Å²) < 4.78 is 2.64. The molecule has 2 nitrogen and oxygen atoms in total. The minimum Gasteiger partial charge on any atom is -0.228 e. The first-order valence-electron chi connectivity index (χ1n) is 18.6. The van der Waals surface area contributed by atoms with Crippen molar-refractivity contribution >= 4 is 63.8 Å². The summed E-state index contributed by atoms with van der Waals surface area (Å²) >= 11 is 1.85. The molecular formula is C52H32N2S. The van der Waals surface area contributed by atoms with Crippen LogP contribution in [0.4, 0.5) is 0 Å². The van der Waals surface area contributed by atoms with Gasteiger partial charge in [0, 0.05) is 36.9 Å². The number of benzene rings is 9. The molecule has 0 saturated carbocycles. The number of thiophene rings is 1. The SMILES string of the molecule is c1ccc(-c2nc(-c3ccc(-c4ccc5sc6ccccc6c5c4)cc3)cc(-c3ccc(-c4c5ccccc5cc5c4ccc4ccccc45)cc3)n2)cc1. The average Bonchev–Trinajstić information content (AvgIpc) is 3.64. The molecule has 0 amide bonds. The summed E-state index contributed by atoms with van der Waals surface area (Å²) in [6.45, 7) is 0. The zero-order valence-electron chi connectivity index (χ0n) is 29.8. The third-order valence-corrected chi connectivity index (χ3v) is 12.0. The standard InChI is InChI=1S/C52H32N2S/c1-2-11-38(12-3-1)52-53-47(35-20-18-33(19-21-35)39-27-29-50-46(30-39)43-16-8-9-17-49(43)55-50)32-48(54-52)36-22-24-37(25-23-36)51-42-15-7-5-13-40(42)31-45-41-14-6-4-10-34(41)26-28-44(45)51/h1-32H. The van der Waals surface area contributed by atoms with Crippen LogP contribution < -0.4 is 0 Å². The first kappa shape index (κ1) is 31.6. The van der Waals surface area contributed by atoms with E-state index in [-0.39, 0.29) is 0 Å². The molecule has 0 unspecified atom stereocenters. The van der Waals surface area contributed by atoms with Crippen molar-refractivity contribution in [2.45, 2.75) is 0 Å². The van der Waals surface area contributed by atoms with Crippen molar-refractivity contribution in [1.29, 1.82) is 0 Å². The van der Waals surface area contributed by atoms with E-state index >= 15 is 0 Å². The van der Waals surface area contributed by atoms with E-state index in [4.69, 9.17) is 9.97 Å². The molecule has 0 fully saturated rings. The van der Waals surface area contributed by atoms with Gasteiger partial charge in [0.2, 0.25) is 0 Å². The Morgan fingerprint density at radius 2 is 0.873 bits per heavy atom. The fourth-order valence-electron chi connectivity index (χ4n) is 8.14. The molecule has 0 aliphatic carbocycles. The molecule has 0 aliphatic rings. The molecular weight excluding hydrogens is 685 g/mol. The van der Waals surface area contributed by atoms with Crippen LogP contribution in [0.2, 0.25) is 0 Å². The molecule has 3 heteroatoms. The van der Waals surface area contributed by atoms with Crippen LogP contribution in [0.3, 0.4) is 0 Å². The lowest BCUT2D eigenvalue weighted by Gasteiger charge is -2.15. The highest BCUT2D eigenvalue weighted by Gasteiger charge is 2.15. The van der Waals surface area contributed by atoms with Crippen molar-refractivity contribution in [3.05, 3.63) is 194 Å². The van der Waals surface area contributed by atoms with Gasteiger partial charge in [-0.2, -0.15) is 0 Å². The Bertz CT molecular complexity index is 3230. The van der Waals surface area contributed by atoms with E-state index in [2.05, 4.69) is 176 Å². The Labute approximate surface area is 322 Å². The Morgan fingerprint density at radius 3 is 1.64 bits per heavy atom. The Balaban J connectivity index is 0.999. The Hall–Kier alpha value is -6.94. The van der Waals surface area contributed by atoms with E-state index in [0.29, 0.717) is 5.82 Å². The van der Waals surface area contributed by atoms with E-state index in [1.165, 1.54) is 74.7 Å². The molecule has 2 heterocycles. The summed E-state index contributed by atoms with van der Waals surface area (Å²) in [5.41, 5.74) is 9.71. The molecule has 0 atom stereocenters. The molecule has 11 aromatic rings. The molecule has 0 saturated heterocycles. The lowest BCUT2D eigenvalue weighted by atomic mass is 9.89. The maximum atomic E-state index is 5.14. The quantitative estimate of drug-likeness (QED) is 0.131. The second kappa shape index (κ2) is 12.9. The van der Waals surface area contributed by atoms with Gasteiger partial charge in [0.1, 0.15) is 0 Å². The summed E-state index contributed by atoms with van der Waals surface area (Å²) in [6.07, 6.45) is 0. The zero-order valence-corrected chi connectivity index (χ0v) is 30.6. The molecule has 0 radical (unpaired) electrons. The summed E-state index contributed by atoms with van der Waals surface area (Å²) in [6, 6.07) is 69.8. The maximum Gasteiger partial charge on any atom is 0.160 e. The summed E-state index contributed by atoms with van der Waals surface area (Å²) in [5.74, 6) is 0.711. The molecule has 2 aromatic heterocycles. The van der Waals surface area contributed by atoms with Gasteiger partial charge in [-0.1, -0.05) is 164 Å². The average molecular weight is 717 g/mol. The van der Waals surface area contributed by atoms with Crippen molar-refractivity contribution in [1.82, 2.24) is 9.97 Å². The maximum absolute atomic E-state index is 5.14. The van der Waals surface area contributed by atoms with Crippen molar-refractivity contribution in [3.63, 3.8) is 0 Å². The van der Waals surface area contributed by atoms with Gasteiger partial charge in [-0.25, -0.2) is 9.97 Å². The second-order valence-electron chi connectivity index (χ2n) is 14.1. The van der Waals surface area contributed by atoms with Gasteiger partial charge in [0.15, 0.2) is 5.82 Å². The highest BCUT2D eigenvalue weighted by atomic mass is 32.1. The Kier molecular flexibility index (Phi) is 7.39. The number of hydrogen-bond acceptors (Lipinski definition) is 3. The molecule has 0 aliphatic heterocycles. The minimum absolute atomic E-state index is 0.711. The van der Waals surface area contributed by atoms with Crippen LogP contribution in [0.1, 0.15) is 0 Å². The van der Waals surface area contributed by atoms with E-state index in [1.807, 2.05) is 29.5 Å². The molecule has 11 rings (SSSR count). The molecule has 256 valence electrons. The van der Waals surface area contributed by atoms with Gasteiger partial charge >= 0.3 is 0 Å². The largest absolute Gasteiger partial charge is 0.228 e. The zero-order chi connectivity index (χ0) is 36.3. The first-order chi connectivity index (χ1) is 27.2. The van der Waals surface area contributed by atoms with Gasteiger partial charge < -0.3 is 0 Å². The van der Waals surface area contributed by atoms with E-state index in [9.17, 15) is 0 Å². The predicted octanol–water partition coefficient (Wildman–Crippen LogP) is 14.6. The van der Waals surface area contributed by atoms with E-state index in [1.54, 1.807) is 0 Å². The van der Waals surface area contributed by atoms with Crippen LogP contribution in [0, 0.1) is 0 Å². The van der Waals surface area contributed by atoms with Crippen molar-refractivity contribution in [3.8, 4) is 56.2 Å². The van der Waals surface area contributed by atoms with Gasteiger partial charge in [-0.15, -0.1) is 11.3 Å². The molecule has 55 heavy (non-hydrogen) atoms. The van der Waals surface area contributed by atoms with Crippen molar-refractivity contribution < 1.29 is 0 Å². The topological polar surface area (TPSA) is 25.8 Å². The first-order valence-corrected chi connectivity index (χ1v) is 19.5. The highest BCUT2D eigenvalue weighted by Crippen LogP contribution is 2.41. The number of rotatable bonds is 5. The van der Waals surface area contributed by atoms with E-state index in [0.717, 1.165) is 28.1 Å². The number of nitrogens with zero attached hydrogens (tertiary/aromatic N) is 2. The van der Waals surface area contributed by atoms with Crippen LogP contribution >= 0.6 is 11.3 Å². The number of aromatic nitrogens is 2. The summed E-state index contributed by atoms with van der Waals surface area (Å²) in [7, 11) is 0. The lowest BCUT2D eigenvalue weighted by Crippen LogP contribution is -1.96. The lowest BCUT2D eigenvalue weighted by molar-refractivity contribution is 1.18. The minimum atomic E-state index is 0.711. The van der Waals surface area contributed by atoms with E-state index < -0.39 is 0 Å². The molecule has 0 spiro atoms. The smallest absolute Gasteiger partial charge is 0.160 e. The Morgan fingerprint density at radius 1 is 0.291 bits per heavy atom. The van der Waals surface area contributed by atoms with Crippen LogP contribution in [0.5, 0.6) is 0 Å². The predicted molar refractivity (Wildman–Crippen MR) is 235 cm³/mol. The van der Waals surface area contributed by atoms with Crippen LogP contribution in [-0.4, -0.2) is 9.97 Å². The second-order valence-corrected chi connectivity index (χ2v) is 15.2. The molecule has 0 N–H and O–H groups in total. The normalized spacial score (nSPS) is 11.6. The third kappa shape index (κ3) is 5.48. The van der Waals surface area contributed by atoms with Crippen LogP contribution in [-0.2, 0) is 0 Å². The van der Waals surface area contributed by atoms with Gasteiger partial charge in [-0.3, -0.25) is 0 Å². The monoisotopic (exact) mass is 716 g/mol. The summed E-state index contributed by atoms with van der Waals surface area (Å²) in [5, 5.41) is 10.2. The molecule has 0 bridgehead atoms. The van der Waals surface area contributed by atoms with Gasteiger partial charge in [0.25, 0.3) is 0 Å². The van der Waals surface area contributed by atoms with Crippen molar-refractivity contribution in [2.24, 2.45) is 0 Å². The number of hydrogen-bond donors (Lipinski definition) is 0. The van der Waals surface area contributed by atoms with Crippen LogP contribution in [0.25, 0.3) is 109 Å². The number of fused-ring (bicyclic) bond motifs is 7. The molecule has 9 aromatic carbocycles. The van der Waals surface area contributed by atoms with Crippen molar-refractivity contribution in [2.75, 3.05) is 0 Å². The highest BCUT2D eigenvalue weighted by molar-refractivity contribution is 7.25. The van der Waals surface area contributed by atoms with Gasteiger partial charge in [-0.05, 0) is 84.9 Å². The van der Waals surface area contributed by atoms with Gasteiger partial charge in [0.05, 0.1) is 11.4 Å². The fraction of sp³-hybridized carbons (Fsp3) is 0. The fourth-order valence-corrected chi connectivity index (χ4v) is 9.22. The summed E-state index contributed by atoms with van der Waals surface area (Å²) in [4.78, 5) is 10.3. The van der Waals surface area contributed by atoms with Crippen LogP contribution in [0.15, 0.2) is 194 Å². The third-order valence-electron chi connectivity index (χ3n) is 10.9.